The third-order valence-electron chi connectivity index (χ3n) is 3.87. The zero-order chi connectivity index (χ0) is 17.4. The number of aromatic nitrogens is 3. The zero-order valence-electron chi connectivity index (χ0n) is 12.9. The molecule has 7 heteroatoms. The molecule has 2 aromatic carbocycles. The minimum Gasteiger partial charge on any atom is -0.454 e. The number of halogens is 1. The van der Waals surface area contributed by atoms with E-state index in [9.17, 15) is 9.59 Å². The summed E-state index contributed by atoms with van der Waals surface area (Å²) in [5.74, 6) is -0.218. The van der Waals surface area contributed by atoms with Gasteiger partial charge in [-0.1, -0.05) is 29.8 Å². The average Bonchev–Trinajstić information content (AvgIpc) is 3.04. The first kappa shape index (κ1) is 15.4. The first-order valence-electron chi connectivity index (χ1n) is 7.53. The van der Waals surface area contributed by atoms with Crippen molar-refractivity contribution in [2.75, 3.05) is 0 Å². The van der Waals surface area contributed by atoms with Crippen LogP contribution in [0.3, 0.4) is 0 Å². The third-order valence-corrected chi connectivity index (χ3v) is 4.10. The van der Waals surface area contributed by atoms with Crippen molar-refractivity contribution in [3.05, 3.63) is 75.4 Å². The normalized spacial score (nSPS) is 11.1. The number of nitrogens with one attached hydrogen (secondary N) is 2. The standard InChI is InChI=1S/C18H12ClN3O3/c19-10-5-6-15-12(7-10)17(23)22-16(21-15)9-25-18(24)13-8-20-14-4-2-1-3-11(13)14/h1-8,20H,9H2,(H,21,22,23). The van der Waals surface area contributed by atoms with Crippen molar-refractivity contribution in [2.45, 2.75) is 6.61 Å². The van der Waals surface area contributed by atoms with E-state index < -0.39 is 5.97 Å². The molecule has 2 N–H and O–H groups in total. The van der Waals surface area contributed by atoms with E-state index in [1.807, 2.05) is 24.3 Å². The van der Waals surface area contributed by atoms with Crippen molar-refractivity contribution in [1.29, 1.82) is 0 Å². The minimum atomic E-state index is -0.490. The molecule has 0 saturated heterocycles. The summed E-state index contributed by atoms with van der Waals surface area (Å²) in [5, 5.41) is 1.62. The van der Waals surface area contributed by atoms with Crippen molar-refractivity contribution >= 4 is 39.4 Å². The van der Waals surface area contributed by atoms with Gasteiger partial charge in [0.25, 0.3) is 5.56 Å². The maximum Gasteiger partial charge on any atom is 0.340 e. The van der Waals surface area contributed by atoms with Gasteiger partial charge in [-0.3, -0.25) is 4.79 Å². The second-order valence-corrected chi connectivity index (χ2v) is 5.93. The summed E-state index contributed by atoms with van der Waals surface area (Å²) in [6.45, 7) is -0.133. The number of benzene rings is 2. The Morgan fingerprint density at radius 1 is 1.16 bits per heavy atom. The molecular weight excluding hydrogens is 342 g/mol. The van der Waals surface area contributed by atoms with Crippen LogP contribution in [-0.4, -0.2) is 20.9 Å². The largest absolute Gasteiger partial charge is 0.454 e. The van der Waals surface area contributed by atoms with E-state index in [2.05, 4.69) is 15.0 Å². The predicted molar refractivity (Wildman–Crippen MR) is 94.8 cm³/mol. The van der Waals surface area contributed by atoms with Gasteiger partial charge in [-0.25, -0.2) is 9.78 Å². The number of esters is 1. The van der Waals surface area contributed by atoms with Crippen molar-refractivity contribution < 1.29 is 9.53 Å². The molecule has 4 aromatic rings. The lowest BCUT2D eigenvalue weighted by Crippen LogP contribution is -2.14. The molecule has 25 heavy (non-hydrogen) atoms. The number of carbonyl (C=O) groups is 1. The topological polar surface area (TPSA) is 87.8 Å². The highest BCUT2D eigenvalue weighted by molar-refractivity contribution is 6.31. The van der Waals surface area contributed by atoms with E-state index >= 15 is 0 Å². The number of nitrogens with zero attached hydrogens (tertiary/aromatic N) is 1. The fraction of sp³-hybridized carbons (Fsp3) is 0.0556. The Morgan fingerprint density at radius 3 is 2.88 bits per heavy atom. The molecule has 0 fully saturated rings. The molecule has 0 amide bonds. The Bertz CT molecular complexity index is 1160. The number of rotatable bonds is 3. The third kappa shape index (κ3) is 2.88. The smallest absolute Gasteiger partial charge is 0.340 e. The van der Waals surface area contributed by atoms with E-state index in [1.54, 1.807) is 24.4 Å². The molecule has 4 rings (SSSR count). The second-order valence-electron chi connectivity index (χ2n) is 5.50. The lowest BCUT2D eigenvalue weighted by molar-refractivity contribution is 0.0464. The highest BCUT2D eigenvalue weighted by atomic mass is 35.5. The number of para-hydroxylation sites is 1. The van der Waals surface area contributed by atoms with Gasteiger partial charge in [0.05, 0.1) is 16.5 Å². The SMILES string of the molecule is O=C(OCc1nc2ccc(Cl)cc2c(=O)[nH]1)c1c[nH]c2ccccc12. The number of carbonyl (C=O) groups excluding carboxylic acids is 1. The van der Waals surface area contributed by atoms with E-state index in [1.165, 1.54) is 0 Å². The Kier molecular flexibility index (Phi) is 3.74. The average molecular weight is 354 g/mol. The summed E-state index contributed by atoms with van der Waals surface area (Å²) >= 11 is 5.89. The van der Waals surface area contributed by atoms with Crippen LogP contribution in [0.2, 0.25) is 5.02 Å². The Hall–Kier alpha value is -3.12. The highest BCUT2D eigenvalue weighted by Gasteiger charge is 2.14. The van der Waals surface area contributed by atoms with E-state index in [0.29, 0.717) is 21.5 Å². The van der Waals surface area contributed by atoms with Gasteiger partial charge < -0.3 is 14.7 Å². The van der Waals surface area contributed by atoms with Gasteiger partial charge >= 0.3 is 5.97 Å². The molecular formula is C18H12ClN3O3. The van der Waals surface area contributed by atoms with Crippen LogP contribution in [0, 0.1) is 0 Å². The van der Waals surface area contributed by atoms with Gasteiger partial charge in [0.15, 0.2) is 0 Å². The second kappa shape index (κ2) is 6.07. The van der Waals surface area contributed by atoms with Crippen LogP contribution < -0.4 is 5.56 Å². The molecule has 2 aromatic heterocycles. The summed E-state index contributed by atoms with van der Waals surface area (Å²) in [7, 11) is 0. The monoisotopic (exact) mass is 353 g/mol. The van der Waals surface area contributed by atoms with E-state index in [0.717, 1.165) is 10.9 Å². The summed E-state index contributed by atoms with van der Waals surface area (Å²) < 4.78 is 5.29. The molecule has 0 aliphatic rings. The maximum atomic E-state index is 12.3. The summed E-state index contributed by atoms with van der Waals surface area (Å²) in [4.78, 5) is 34.3. The molecule has 0 aliphatic carbocycles. The van der Waals surface area contributed by atoms with Crippen LogP contribution in [0.4, 0.5) is 0 Å². The van der Waals surface area contributed by atoms with Crippen molar-refractivity contribution in [3.8, 4) is 0 Å². The van der Waals surface area contributed by atoms with E-state index in [4.69, 9.17) is 16.3 Å². The van der Waals surface area contributed by atoms with Crippen LogP contribution in [-0.2, 0) is 11.3 Å². The van der Waals surface area contributed by atoms with Gasteiger partial charge in [0.2, 0.25) is 0 Å². The summed E-state index contributed by atoms with van der Waals surface area (Å²) in [6.07, 6.45) is 1.60. The first-order chi connectivity index (χ1) is 12.1. The molecule has 0 radical (unpaired) electrons. The summed E-state index contributed by atoms with van der Waals surface area (Å²) in [5.41, 5.74) is 1.45. The summed E-state index contributed by atoms with van der Waals surface area (Å²) in [6, 6.07) is 12.3. The number of fused-ring (bicyclic) bond motifs is 2. The fourth-order valence-corrected chi connectivity index (χ4v) is 2.85. The molecule has 0 unspecified atom stereocenters. The number of hydrogen-bond donors (Lipinski definition) is 2. The van der Waals surface area contributed by atoms with Crippen molar-refractivity contribution in [2.24, 2.45) is 0 Å². The van der Waals surface area contributed by atoms with Gasteiger partial charge in [-0.05, 0) is 24.3 Å². The molecule has 2 heterocycles. The molecule has 0 atom stereocenters. The lowest BCUT2D eigenvalue weighted by atomic mass is 10.2. The quantitative estimate of drug-likeness (QED) is 0.552. The van der Waals surface area contributed by atoms with Gasteiger partial charge in [0.1, 0.15) is 12.4 Å². The van der Waals surface area contributed by atoms with E-state index in [-0.39, 0.29) is 18.0 Å². The van der Waals surface area contributed by atoms with Gasteiger partial charge in [-0.2, -0.15) is 0 Å². The number of ether oxygens (including phenoxy) is 1. The molecule has 0 saturated carbocycles. The molecule has 0 aliphatic heterocycles. The maximum absolute atomic E-state index is 12.3. The van der Waals surface area contributed by atoms with Crippen LogP contribution >= 0.6 is 11.6 Å². The number of aromatic amines is 2. The van der Waals surface area contributed by atoms with Crippen molar-refractivity contribution in [1.82, 2.24) is 15.0 Å². The van der Waals surface area contributed by atoms with Crippen molar-refractivity contribution in [3.63, 3.8) is 0 Å². The van der Waals surface area contributed by atoms with Crippen LogP contribution in [0.5, 0.6) is 0 Å². The minimum absolute atomic E-state index is 0.133. The Balaban J connectivity index is 1.59. The van der Waals surface area contributed by atoms with Crippen LogP contribution in [0.15, 0.2) is 53.5 Å². The van der Waals surface area contributed by atoms with Gasteiger partial charge in [0, 0.05) is 22.1 Å². The molecule has 6 nitrogen and oxygen atoms in total. The molecule has 0 spiro atoms. The van der Waals surface area contributed by atoms with Gasteiger partial charge in [-0.15, -0.1) is 0 Å². The first-order valence-corrected chi connectivity index (χ1v) is 7.91. The van der Waals surface area contributed by atoms with Crippen LogP contribution in [0.1, 0.15) is 16.2 Å². The fourth-order valence-electron chi connectivity index (χ4n) is 2.68. The molecule has 0 bridgehead atoms. The zero-order valence-corrected chi connectivity index (χ0v) is 13.6. The Morgan fingerprint density at radius 2 is 2.00 bits per heavy atom. The predicted octanol–water partition coefficient (Wildman–Crippen LogP) is 3.41. The number of H-pyrrole nitrogens is 2. The van der Waals surface area contributed by atoms with Crippen LogP contribution in [0.25, 0.3) is 21.8 Å². The Labute approximate surface area is 146 Å². The lowest BCUT2D eigenvalue weighted by Gasteiger charge is -2.05. The molecule has 124 valence electrons. The number of hydrogen-bond acceptors (Lipinski definition) is 4. The highest BCUT2D eigenvalue weighted by Crippen LogP contribution is 2.19.